The number of nitrogens with one attached hydrogen (secondary N) is 2. The first-order valence-electron chi connectivity index (χ1n) is 4.57. The number of carbonyl (C=O) groups excluding carboxylic acids is 1. The van der Waals surface area contributed by atoms with Gasteiger partial charge in [-0.05, 0) is 6.42 Å². The zero-order valence-corrected chi connectivity index (χ0v) is 7.84. The molecule has 0 atom stereocenters. The van der Waals surface area contributed by atoms with Crippen LogP contribution in [0.15, 0.2) is 12.5 Å². The van der Waals surface area contributed by atoms with Crippen LogP contribution in [0.5, 0.6) is 0 Å². The molecule has 1 amide bonds. The van der Waals surface area contributed by atoms with Gasteiger partial charge in [-0.3, -0.25) is 4.79 Å². The van der Waals surface area contributed by atoms with Crippen LogP contribution in [-0.4, -0.2) is 15.9 Å². The van der Waals surface area contributed by atoms with E-state index in [2.05, 4.69) is 22.2 Å². The number of aromatic nitrogens is 2. The Labute approximate surface area is 77.8 Å². The van der Waals surface area contributed by atoms with E-state index in [1.165, 1.54) is 0 Å². The summed E-state index contributed by atoms with van der Waals surface area (Å²) in [5, 5.41) is 2.81. The fourth-order valence-corrected chi connectivity index (χ4v) is 1.00. The molecule has 1 aromatic rings. The van der Waals surface area contributed by atoms with Crippen molar-refractivity contribution < 1.29 is 4.79 Å². The van der Waals surface area contributed by atoms with Crippen LogP contribution < -0.4 is 5.32 Å². The van der Waals surface area contributed by atoms with Gasteiger partial charge in [-0.1, -0.05) is 13.3 Å². The number of hydrogen-bond acceptors (Lipinski definition) is 2. The Kier molecular flexibility index (Phi) is 4.02. The number of aromatic amines is 1. The lowest BCUT2D eigenvalue weighted by molar-refractivity contribution is -0.121. The van der Waals surface area contributed by atoms with Crippen LogP contribution in [0.4, 0.5) is 0 Å². The van der Waals surface area contributed by atoms with Crippen molar-refractivity contribution in [3.05, 3.63) is 18.2 Å². The second-order valence-electron chi connectivity index (χ2n) is 2.96. The maximum atomic E-state index is 11.2. The first-order chi connectivity index (χ1) is 6.33. The predicted octanol–water partition coefficient (Wildman–Crippen LogP) is 1.22. The third-order valence-electron chi connectivity index (χ3n) is 1.79. The topological polar surface area (TPSA) is 57.8 Å². The Bertz CT molecular complexity index is 243. The summed E-state index contributed by atoms with van der Waals surface area (Å²) in [4.78, 5) is 17.9. The molecule has 0 aromatic carbocycles. The lowest BCUT2D eigenvalue weighted by Gasteiger charge is -2.01. The molecule has 0 aliphatic rings. The van der Waals surface area contributed by atoms with Gasteiger partial charge in [-0.25, -0.2) is 4.98 Å². The molecule has 4 heteroatoms. The van der Waals surface area contributed by atoms with Crippen LogP contribution in [0.25, 0.3) is 0 Å². The number of carbonyl (C=O) groups is 1. The van der Waals surface area contributed by atoms with Crippen LogP contribution in [-0.2, 0) is 11.3 Å². The summed E-state index contributed by atoms with van der Waals surface area (Å²) in [6, 6.07) is 0. The van der Waals surface area contributed by atoms with E-state index in [4.69, 9.17) is 0 Å². The third-order valence-corrected chi connectivity index (χ3v) is 1.79. The van der Waals surface area contributed by atoms with E-state index in [1.54, 1.807) is 12.5 Å². The van der Waals surface area contributed by atoms with Crippen molar-refractivity contribution in [1.82, 2.24) is 15.3 Å². The normalized spacial score (nSPS) is 9.92. The molecule has 0 fully saturated rings. The Hall–Kier alpha value is -1.32. The zero-order valence-electron chi connectivity index (χ0n) is 7.84. The van der Waals surface area contributed by atoms with Crippen LogP contribution in [0.1, 0.15) is 31.9 Å². The minimum Gasteiger partial charge on any atom is -0.350 e. The first-order valence-corrected chi connectivity index (χ1v) is 4.57. The van der Waals surface area contributed by atoms with Gasteiger partial charge in [0, 0.05) is 12.6 Å². The van der Waals surface area contributed by atoms with Gasteiger partial charge in [0.15, 0.2) is 0 Å². The average Bonchev–Trinajstić information content (AvgIpc) is 2.64. The SMILES string of the molecule is CCCCC(=O)NCc1cnc[nH]1. The van der Waals surface area contributed by atoms with Gasteiger partial charge >= 0.3 is 0 Å². The number of rotatable bonds is 5. The minimum atomic E-state index is 0.108. The highest BCUT2D eigenvalue weighted by molar-refractivity contribution is 5.75. The van der Waals surface area contributed by atoms with E-state index >= 15 is 0 Å². The Morgan fingerprint density at radius 2 is 2.54 bits per heavy atom. The Morgan fingerprint density at radius 1 is 1.69 bits per heavy atom. The molecule has 1 heterocycles. The van der Waals surface area contributed by atoms with Gasteiger partial charge in [0.25, 0.3) is 0 Å². The maximum Gasteiger partial charge on any atom is 0.220 e. The summed E-state index contributed by atoms with van der Waals surface area (Å²) < 4.78 is 0. The quantitative estimate of drug-likeness (QED) is 0.717. The standard InChI is InChI=1S/C9H15N3O/c1-2-3-4-9(13)11-6-8-5-10-7-12-8/h5,7H,2-4,6H2,1H3,(H,10,12)(H,11,13). The number of nitrogens with zero attached hydrogens (tertiary/aromatic N) is 1. The smallest absolute Gasteiger partial charge is 0.220 e. The Morgan fingerprint density at radius 3 is 3.15 bits per heavy atom. The Balaban J connectivity index is 2.15. The molecule has 1 rings (SSSR count). The average molecular weight is 181 g/mol. The molecule has 0 bridgehead atoms. The second-order valence-corrected chi connectivity index (χ2v) is 2.96. The van der Waals surface area contributed by atoms with Crippen LogP contribution in [0.2, 0.25) is 0 Å². The van der Waals surface area contributed by atoms with Crippen molar-refractivity contribution in [3.8, 4) is 0 Å². The zero-order chi connectivity index (χ0) is 9.52. The van der Waals surface area contributed by atoms with Gasteiger partial charge in [-0.2, -0.15) is 0 Å². The monoisotopic (exact) mass is 181 g/mol. The van der Waals surface area contributed by atoms with Crippen molar-refractivity contribution in [2.45, 2.75) is 32.7 Å². The highest BCUT2D eigenvalue weighted by atomic mass is 16.1. The van der Waals surface area contributed by atoms with E-state index in [1.807, 2.05) is 0 Å². The van der Waals surface area contributed by atoms with Gasteiger partial charge < -0.3 is 10.3 Å². The van der Waals surface area contributed by atoms with Gasteiger partial charge in [-0.15, -0.1) is 0 Å². The molecule has 13 heavy (non-hydrogen) atoms. The van der Waals surface area contributed by atoms with E-state index in [0.717, 1.165) is 18.5 Å². The van der Waals surface area contributed by atoms with Gasteiger partial charge in [0.1, 0.15) is 0 Å². The van der Waals surface area contributed by atoms with Crippen molar-refractivity contribution in [3.63, 3.8) is 0 Å². The second kappa shape index (κ2) is 5.35. The van der Waals surface area contributed by atoms with Gasteiger partial charge in [0.2, 0.25) is 5.91 Å². The van der Waals surface area contributed by atoms with Crippen LogP contribution in [0, 0.1) is 0 Å². The lowest BCUT2D eigenvalue weighted by Crippen LogP contribution is -2.22. The maximum absolute atomic E-state index is 11.2. The van der Waals surface area contributed by atoms with E-state index in [0.29, 0.717) is 13.0 Å². The van der Waals surface area contributed by atoms with Crippen molar-refractivity contribution in [1.29, 1.82) is 0 Å². The fraction of sp³-hybridized carbons (Fsp3) is 0.556. The number of hydrogen-bond donors (Lipinski definition) is 2. The van der Waals surface area contributed by atoms with Crippen LogP contribution >= 0.6 is 0 Å². The number of imidazole rings is 1. The summed E-state index contributed by atoms with van der Waals surface area (Å²) in [7, 11) is 0. The van der Waals surface area contributed by atoms with E-state index in [-0.39, 0.29) is 5.91 Å². The summed E-state index contributed by atoms with van der Waals surface area (Å²) in [5.41, 5.74) is 0.935. The molecule has 0 spiro atoms. The molecular weight excluding hydrogens is 166 g/mol. The van der Waals surface area contributed by atoms with Crippen LogP contribution in [0.3, 0.4) is 0 Å². The molecule has 2 N–H and O–H groups in total. The summed E-state index contributed by atoms with van der Waals surface area (Å²) in [6.07, 6.45) is 5.94. The number of unbranched alkanes of at least 4 members (excludes halogenated alkanes) is 1. The van der Waals surface area contributed by atoms with Gasteiger partial charge in [0.05, 0.1) is 18.6 Å². The molecule has 1 aromatic heterocycles. The number of amides is 1. The molecule has 0 aliphatic heterocycles. The third kappa shape index (κ3) is 3.73. The summed E-state index contributed by atoms with van der Waals surface area (Å²) in [6.45, 7) is 2.62. The molecule has 72 valence electrons. The molecule has 0 saturated carbocycles. The molecule has 0 radical (unpaired) electrons. The largest absolute Gasteiger partial charge is 0.350 e. The molecule has 4 nitrogen and oxygen atoms in total. The first kappa shape index (κ1) is 9.77. The predicted molar refractivity (Wildman–Crippen MR) is 50.0 cm³/mol. The highest BCUT2D eigenvalue weighted by Crippen LogP contribution is 1.94. The van der Waals surface area contributed by atoms with Crippen molar-refractivity contribution >= 4 is 5.91 Å². The highest BCUT2D eigenvalue weighted by Gasteiger charge is 1.99. The molecular formula is C9H15N3O. The minimum absolute atomic E-state index is 0.108. The summed E-state index contributed by atoms with van der Waals surface area (Å²) >= 11 is 0. The van der Waals surface area contributed by atoms with Crippen molar-refractivity contribution in [2.75, 3.05) is 0 Å². The van der Waals surface area contributed by atoms with Crippen molar-refractivity contribution in [2.24, 2.45) is 0 Å². The molecule has 0 saturated heterocycles. The molecule has 0 unspecified atom stereocenters. The number of H-pyrrole nitrogens is 1. The van der Waals surface area contributed by atoms with E-state index < -0.39 is 0 Å². The lowest BCUT2D eigenvalue weighted by atomic mass is 10.2. The fourth-order valence-electron chi connectivity index (χ4n) is 1.00. The van der Waals surface area contributed by atoms with E-state index in [9.17, 15) is 4.79 Å². The summed E-state index contributed by atoms with van der Waals surface area (Å²) in [5.74, 6) is 0.108. The molecule has 0 aliphatic carbocycles.